The number of hydrogen-bond donors (Lipinski definition) is 1. The number of rotatable bonds is 4. The predicted molar refractivity (Wildman–Crippen MR) is 114 cm³/mol. The number of β-amino-alcohol motifs (C(OH)–C–C–N with tert-alkyl or cyclic N) is 1. The third kappa shape index (κ3) is 5.04. The number of aliphatic hydroxyl groups is 1. The van der Waals surface area contributed by atoms with Crippen LogP contribution in [0.2, 0.25) is 0 Å². The van der Waals surface area contributed by atoms with Crippen molar-refractivity contribution in [1.29, 1.82) is 0 Å². The number of para-hydroxylation sites is 1. The van der Waals surface area contributed by atoms with Gasteiger partial charge in [0.2, 0.25) is 5.91 Å². The number of likely N-dealkylation sites (N-methyl/N-ethyl adjacent to an activating group) is 1. The Balaban J connectivity index is 1.61. The Labute approximate surface area is 169 Å². The lowest BCUT2D eigenvalue weighted by molar-refractivity contribution is -0.134. The maximum atomic E-state index is 12.5. The smallest absolute Gasteiger partial charge is 0.227 e. The van der Waals surface area contributed by atoms with Gasteiger partial charge in [0, 0.05) is 65.6 Å². The minimum atomic E-state index is -0.673. The standard InChI is InChI=1S/C22H36N4O2/c1-18-7-5-6-8-20(18)26-11-9-22(28,10-12-26)17-25-14-13-24(4)15-19(16-25)21(27)23(2)3/h5-8,19,28H,9-17H2,1-4H3/t19-/m0/s1. The largest absolute Gasteiger partial charge is 0.388 e. The number of carbonyl (C=O) groups excluding carboxylic acids is 1. The van der Waals surface area contributed by atoms with Gasteiger partial charge in [0.15, 0.2) is 0 Å². The van der Waals surface area contributed by atoms with Gasteiger partial charge in [-0.25, -0.2) is 0 Å². The highest BCUT2D eigenvalue weighted by Gasteiger charge is 2.36. The van der Waals surface area contributed by atoms with Crippen LogP contribution in [0.1, 0.15) is 18.4 Å². The molecular weight excluding hydrogens is 352 g/mol. The van der Waals surface area contributed by atoms with Gasteiger partial charge in [-0.1, -0.05) is 18.2 Å². The third-order valence-electron chi connectivity index (χ3n) is 6.27. The predicted octanol–water partition coefficient (Wildman–Crippen LogP) is 1.28. The van der Waals surface area contributed by atoms with E-state index in [1.807, 2.05) is 14.1 Å². The Morgan fingerprint density at radius 2 is 1.82 bits per heavy atom. The number of aryl methyl sites for hydroxylation is 1. The van der Waals surface area contributed by atoms with Crippen LogP contribution in [0.3, 0.4) is 0 Å². The van der Waals surface area contributed by atoms with E-state index >= 15 is 0 Å². The summed E-state index contributed by atoms with van der Waals surface area (Å²) in [4.78, 5) is 21.2. The lowest BCUT2D eigenvalue weighted by Crippen LogP contribution is -2.52. The molecule has 1 amide bonds. The van der Waals surface area contributed by atoms with E-state index < -0.39 is 5.60 Å². The van der Waals surface area contributed by atoms with Crippen LogP contribution in [-0.2, 0) is 4.79 Å². The SMILES string of the molecule is Cc1ccccc1N1CCC(O)(CN2CCN(C)C[C@H](C(=O)N(C)C)C2)CC1. The van der Waals surface area contributed by atoms with Crippen LogP contribution in [0.4, 0.5) is 5.69 Å². The fourth-order valence-corrected chi connectivity index (χ4v) is 4.56. The molecule has 2 aliphatic rings. The van der Waals surface area contributed by atoms with E-state index in [4.69, 9.17) is 0 Å². The zero-order valence-corrected chi connectivity index (χ0v) is 17.9. The highest BCUT2D eigenvalue weighted by molar-refractivity contribution is 5.78. The van der Waals surface area contributed by atoms with Gasteiger partial charge in [-0.2, -0.15) is 0 Å². The van der Waals surface area contributed by atoms with E-state index in [1.54, 1.807) is 4.90 Å². The molecule has 6 heteroatoms. The van der Waals surface area contributed by atoms with Gasteiger partial charge in [0.25, 0.3) is 0 Å². The van der Waals surface area contributed by atoms with Gasteiger partial charge in [-0.3, -0.25) is 9.69 Å². The van der Waals surface area contributed by atoms with Crippen LogP contribution in [0.25, 0.3) is 0 Å². The molecule has 2 fully saturated rings. The molecule has 0 aromatic heterocycles. The third-order valence-corrected chi connectivity index (χ3v) is 6.27. The number of benzene rings is 1. The average molecular weight is 389 g/mol. The van der Waals surface area contributed by atoms with Gasteiger partial charge in [-0.15, -0.1) is 0 Å². The summed E-state index contributed by atoms with van der Waals surface area (Å²) in [7, 11) is 5.73. The molecule has 1 N–H and O–H groups in total. The Morgan fingerprint density at radius 1 is 1.14 bits per heavy atom. The highest BCUT2D eigenvalue weighted by Crippen LogP contribution is 2.29. The van der Waals surface area contributed by atoms with E-state index in [0.717, 1.165) is 52.1 Å². The first-order chi connectivity index (χ1) is 13.3. The molecule has 1 aromatic rings. The molecule has 0 bridgehead atoms. The Kier molecular flexibility index (Phi) is 6.63. The van der Waals surface area contributed by atoms with Gasteiger partial charge in [-0.05, 0) is 38.4 Å². The van der Waals surface area contributed by atoms with Crippen LogP contribution < -0.4 is 4.90 Å². The molecule has 0 saturated carbocycles. The van der Waals surface area contributed by atoms with E-state index in [0.29, 0.717) is 6.54 Å². The molecule has 6 nitrogen and oxygen atoms in total. The molecule has 0 radical (unpaired) electrons. The highest BCUT2D eigenvalue weighted by atomic mass is 16.3. The van der Waals surface area contributed by atoms with Crippen LogP contribution in [0.5, 0.6) is 0 Å². The first kappa shape index (κ1) is 21.1. The van der Waals surface area contributed by atoms with Crippen molar-refractivity contribution in [2.75, 3.05) is 71.9 Å². The molecule has 2 heterocycles. The maximum Gasteiger partial charge on any atom is 0.227 e. The second-order valence-electron chi connectivity index (χ2n) is 8.92. The fraction of sp³-hybridized carbons (Fsp3) is 0.682. The van der Waals surface area contributed by atoms with Crippen molar-refractivity contribution in [2.45, 2.75) is 25.4 Å². The van der Waals surface area contributed by atoms with E-state index in [1.165, 1.54) is 11.3 Å². The summed E-state index contributed by atoms with van der Waals surface area (Å²) >= 11 is 0. The lowest BCUT2D eigenvalue weighted by atomic mass is 9.90. The van der Waals surface area contributed by atoms with E-state index in [-0.39, 0.29) is 11.8 Å². The molecule has 3 rings (SSSR count). The van der Waals surface area contributed by atoms with Crippen molar-refractivity contribution < 1.29 is 9.90 Å². The summed E-state index contributed by atoms with van der Waals surface area (Å²) in [6, 6.07) is 8.47. The molecule has 2 saturated heterocycles. The summed E-state index contributed by atoms with van der Waals surface area (Å²) in [5.74, 6) is 0.151. The molecular formula is C22H36N4O2. The van der Waals surface area contributed by atoms with Crippen molar-refractivity contribution in [3.05, 3.63) is 29.8 Å². The number of anilines is 1. The molecule has 156 valence electrons. The Morgan fingerprint density at radius 3 is 2.46 bits per heavy atom. The quantitative estimate of drug-likeness (QED) is 0.842. The molecule has 0 aliphatic carbocycles. The number of hydrogen-bond acceptors (Lipinski definition) is 5. The summed E-state index contributed by atoms with van der Waals surface area (Å²) < 4.78 is 0. The molecule has 2 aliphatic heterocycles. The number of amides is 1. The molecule has 0 spiro atoms. The van der Waals surface area contributed by atoms with Crippen LogP contribution in [0, 0.1) is 12.8 Å². The minimum Gasteiger partial charge on any atom is -0.388 e. The molecule has 0 unspecified atom stereocenters. The van der Waals surface area contributed by atoms with Crippen molar-refractivity contribution in [1.82, 2.24) is 14.7 Å². The Bertz CT molecular complexity index is 670. The lowest BCUT2D eigenvalue weighted by Gasteiger charge is -2.42. The summed E-state index contributed by atoms with van der Waals surface area (Å²) in [6.07, 6.45) is 1.53. The van der Waals surface area contributed by atoms with E-state index in [2.05, 4.69) is 52.9 Å². The first-order valence-electron chi connectivity index (χ1n) is 10.4. The second kappa shape index (κ2) is 8.80. The molecule has 1 aromatic carbocycles. The van der Waals surface area contributed by atoms with Crippen molar-refractivity contribution in [2.24, 2.45) is 5.92 Å². The van der Waals surface area contributed by atoms with Crippen molar-refractivity contribution in [3.8, 4) is 0 Å². The van der Waals surface area contributed by atoms with Crippen LogP contribution in [-0.4, -0.2) is 98.3 Å². The first-order valence-corrected chi connectivity index (χ1v) is 10.4. The Hall–Kier alpha value is -1.63. The van der Waals surface area contributed by atoms with Crippen molar-refractivity contribution in [3.63, 3.8) is 0 Å². The van der Waals surface area contributed by atoms with E-state index in [9.17, 15) is 9.90 Å². The second-order valence-corrected chi connectivity index (χ2v) is 8.92. The van der Waals surface area contributed by atoms with Crippen LogP contribution >= 0.6 is 0 Å². The molecule has 28 heavy (non-hydrogen) atoms. The summed E-state index contributed by atoms with van der Waals surface area (Å²) in [6.45, 7) is 7.88. The van der Waals surface area contributed by atoms with Crippen LogP contribution in [0.15, 0.2) is 24.3 Å². The zero-order valence-electron chi connectivity index (χ0n) is 17.9. The summed E-state index contributed by atoms with van der Waals surface area (Å²) in [5.41, 5.74) is 1.89. The normalized spacial score (nSPS) is 24.0. The maximum absolute atomic E-state index is 12.5. The van der Waals surface area contributed by atoms with Gasteiger partial charge < -0.3 is 19.8 Å². The summed E-state index contributed by atoms with van der Waals surface area (Å²) in [5, 5.41) is 11.3. The van der Waals surface area contributed by atoms with Gasteiger partial charge >= 0.3 is 0 Å². The molecule has 1 atom stereocenters. The monoisotopic (exact) mass is 388 g/mol. The average Bonchev–Trinajstić information content (AvgIpc) is 2.83. The van der Waals surface area contributed by atoms with Gasteiger partial charge in [0.05, 0.1) is 11.5 Å². The number of piperidine rings is 1. The topological polar surface area (TPSA) is 50.3 Å². The zero-order chi connectivity index (χ0) is 20.3. The van der Waals surface area contributed by atoms with Crippen molar-refractivity contribution >= 4 is 11.6 Å². The number of carbonyl (C=O) groups is 1. The fourth-order valence-electron chi connectivity index (χ4n) is 4.56. The minimum absolute atomic E-state index is 0.0295. The number of nitrogens with zero attached hydrogens (tertiary/aromatic N) is 4. The van der Waals surface area contributed by atoms with Gasteiger partial charge in [0.1, 0.15) is 0 Å².